The number of nitrogens with zero attached hydrogens (tertiary/aromatic N) is 1. The molecule has 1 atom stereocenters. The predicted octanol–water partition coefficient (Wildman–Crippen LogP) is 4.78. The molecule has 1 aliphatic rings. The molecule has 104 valence electrons. The number of pyridine rings is 1. The molecule has 1 N–H and O–H groups in total. The van der Waals surface area contributed by atoms with Crippen molar-refractivity contribution in [2.24, 2.45) is 0 Å². The van der Waals surface area contributed by atoms with Crippen molar-refractivity contribution < 1.29 is 4.39 Å². The van der Waals surface area contributed by atoms with Gasteiger partial charge in [0.2, 0.25) is 0 Å². The summed E-state index contributed by atoms with van der Waals surface area (Å²) >= 11 is 3.25. The predicted molar refractivity (Wildman–Crippen MR) is 82.4 cm³/mol. The van der Waals surface area contributed by atoms with Crippen LogP contribution in [0, 0.1) is 12.7 Å². The second-order valence-corrected chi connectivity index (χ2v) is 6.07. The Morgan fingerprint density at radius 2 is 2.25 bits per heavy atom. The van der Waals surface area contributed by atoms with Crippen LogP contribution in [-0.2, 0) is 6.42 Å². The van der Waals surface area contributed by atoms with E-state index >= 15 is 0 Å². The molecule has 0 radical (unpaired) electrons. The van der Waals surface area contributed by atoms with E-state index in [0.29, 0.717) is 4.47 Å². The third-order valence-electron chi connectivity index (χ3n) is 3.79. The van der Waals surface area contributed by atoms with Crippen molar-refractivity contribution in [1.29, 1.82) is 0 Å². The zero-order valence-corrected chi connectivity index (χ0v) is 12.9. The number of halogens is 2. The second kappa shape index (κ2) is 5.52. The van der Waals surface area contributed by atoms with Crippen molar-refractivity contribution in [2.45, 2.75) is 32.2 Å². The van der Waals surface area contributed by atoms with Crippen LogP contribution in [-0.4, -0.2) is 4.98 Å². The molecule has 2 nitrogen and oxygen atoms in total. The van der Waals surface area contributed by atoms with E-state index in [0.717, 1.165) is 36.2 Å². The molecule has 4 heteroatoms. The van der Waals surface area contributed by atoms with E-state index in [1.807, 2.05) is 25.3 Å². The Balaban J connectivity index is 1.91. The Labute approximate surface area is 126 Å². The largest absolute Gasteiger partial charge is 0.376 e. The minimum absolute atomic E-state index is 0.205. The summed E-state index contributed by atoms with van der Waals surface area (Å²) in [4.78, 5) is 4.52. The highest BCUT2D eigenvalue weighted by Gasteiger charge is 2.21. The lowest BCUT2D eigenvalue weighted by Gasteiger charge is -2.26. The lowest BCUT2D eigenvalue weighted by Crippen LogP contribution is -2.19. The fraction of sp³-hybridized carbons (Fsp3) is 0.312. The molecule has 0 fully saturated rings. The third kappa shape index (κ3) is 2.57. The van der Waals surface area contributed by atoms with E-state index in [2.05, 4.69) is 32.3 Å². The highest BCUT2D eigenvalue weighted by molar-refractivity contribution is 9.10. The summed E-state index contributed by atoms with van der Waals surface area (Å²) in [7, 11) is 0. The number of hydrogen-bond donors (Lipinski definition) is 1. The zero-order valence-electron chi connectivity index (χ0n) is 11.3. The van der Waals surface area contributed by atoms with Gasteiger partial charge in [-0.3, -0.25) is 4.98 Å². The van der Waals surface area contributed by atoms with Crippen LogP contribution in [0.25, 0.3) is 0 Å². The maximum atomic E-state index is 13.5. The Hall–Kier alpha value is -1.42. The lowest BCUT2D eigenvalue weighted by molar-refractivity contribution is 0.582. The average Bonchev–Trinajstić information content (AvgIpc) is 2.45. The monoisotopic (exact) mass is 334 g/mol. The molecule has 0 saturated heterocycles. The molecule has 1 aliphatic carbocycles. The summed E-state index contributed by atoms with van der Waals surface area (Å²) in [5.41, 5.74) is 4.31. The van der Waals surface area contributed by atoms with Crippen LogP contribution in [0.4, 0.5) is 10.1 Å². The summed E-state index contributed by atoms with van der Waals surface area (Å²) in [6, 6.07) is 7.69. The molecule has 1 unspecified atom stereocenters. The lowest BCUT2D eigenvalue weighted by atomic mass is 9.91. The zero-order chi connectivity index (χ0) is 14.1. The first-order chi connectivity index (χ1) is 9.65. The minimum Gasteiger partial charge on any atom is -0.376 e. The molecule has 3 rings (SSSR count). The summed E-state index contributed by atoms with van der Waals surface area (Å²) in [6.07, 6.45) is 5.13. The summed E-state index contributed by atoms with van der Waals surface area (Å²) in [5, 5.41) is 3.51. The smallest absolute Gasteiger partial charge is 0.137 e. The van der Waals surface area contributed by atoms with E-state index in [4.69, 9.17) is 0 Å². The van der Waals surface area contributed by atoms with Gasteiger partial charge < -0.3 is 5.32 Å². The topological polar surface area (TPSA) is 24.9 Å². The molecule has 2 aromatic rings. The number of aromatic nitrogens is 1. The standard InChI is InChI=1S/C16H16BrFN2/c1-10-8-13(18)12(17)9-15(10)20-14-6-2-4-11-5-3-7-19-16(11)14/h3,5,7-9,14,20H,2,4,6H2,1H3. The molecule has 20 heavy (non-hydrogen) atoms. The Morgan fingerprint density at radius 1 is 1.40 bits per heavy atom. The van der Waals surface area contributed by atoms with Gasteiger partial charge in [0.25, 0.3) is 0 Å². The van der Waals surface area contributed by atoms with Gasteiger partial charge in [-0.2, -0.15) is 0 Å². The van der Waals surface area contributed by atoms with E-state index < -0.39 is 0 Å². The number of rotatable bonds is 2. The number of nitrogens with one attached hydrogen (secondary N) is 1. The summed E-state index contributed by atoms with van der Waals surface area (Å²) in [5.74, 6) is -0.227. The summed E-state index contributed by atoms with van der Waals surface area (Å²) < 4.78 is 14.0. The SMILES string of the molecule is Cc1cc(F)c(Br)cc1NC1CCCc2cccnc21. The second-order valence-electron chi connectivity index (χ2n) is 5.22. The van der Waals surface area contributed by atoms with Gasteiger partial charge in [0.1, 0.15) is 5.82 Å². The molecule has 0 amide bonds. The van der Waals surface area contributed by atoms with Crippen molar-refractivity contribution in [3.8, 4) is 0 Å². The van der Waals surface area contributed by atoms with Crippen LogP contribution < -0.4 is 5.32 Å². The van der Waals surface area contributed by atoms with Crippen molar-refractivity contribution >= 4 is 21.6 Å². The van der Waals surface area contributed by atoms with E-state index in [1.54, 1.807) is 6.07 Å². The van der Waals surface area contributed by atoms with Crippen LogP contribution in [0.2, 0.25) is 0 Å². The Morgan fingerprint density at radius 3 is 3.10 bits per heavy atom. The fourth-order valence-corrected chi connectivity index (χ4v) is 3.08. The van der Waals surface area contributed by atoms with E-state index in [9.17, 15) is 4.39 Å². The maximum absolute atomic E-state index is 13.5. The van der Waals surface area contributed by atoms with Gasteiger partial charge in [0.15, 0.2) is 0 Å². The first-order valence-electron chi connectivity index (χ1n) is 6.81. The van der Waals surface area contributed by atoms with Gasteiger partial charge in [-0.15, -0.1) is 0 Å². The number of aryl methyl sites for hydroxylation is 2. The highest BCUT2D eigenvalue weighted by atomic mass is 79.9. The molecule has 0 bridgehead atoms. The van der Waals surface area contributed by atoms with Gasteiger partial charge in [0.05, 0.1) is 16.2 Å². The Bertz CT molecular complexity index is 642. The molecule has 1 heterocycles. The van der Waals surface area contributed by atoms with Crippen LogP contribution in [0.5, 0.6) is 0 Å². The van der Waals surface area contributed by atoms with Crippen molar-refractivity contribution in [3.63, 3.8) is 0 Å². The van der Waals surface area contributed by atoms with Gasteiger partial charge >= 0.3 is 0 Å². The number of anilines is 1. The van der Waals surface area contributed by atoms with Crippen LogP contribution in [0.15, 0.2) is 34.9 Å². The quantitative estimate of drug-likeness (QED) is 0.854. The molecule has 1 aromatic carbocycles. The third-order valence-corrected chi connectivity index (χ3v) is 4.40. The molecular formula is C16H16BrFN2. The van der Waals surface area contributed by atoms with E-state index in [1.165, 1.54) is 5.56 Å². The van der Waals surface area contributed by atoms with Crippen LogP contribution in [0.1, 0.15) is 35.7 Å². The minimum atomic E-state index is -0.227. The first kappa shape index (κ1) is 13.6. The molecule has 1 aromatic heterocycles. The van der Waals surface area contributed by atoms with Gasteiger partial charge in [-0.05, 0) is 71.4 Å². The number of hydrogen-bond acceptors (Lipinski definition) is 2. The number of fused-ring (bicyclic) bond motifs is 1. The van der Waals surface area contributed by atoms with Crippen molar-refractivity contribution in [2.75, 3.05) is 5.32 Å². The number of benzene rings is 1. The van der Waals surface area contributed by atoms with Crippen molar-refractivity contribution in [1.82, 2.24) is 4.98 Å². The fourth-order valence-electron chi connectivity index (χ4n) is 2.74. The molecule has 0 aliphatic heterocycles. The van der Waals surface area contributed by atoms with Crippen LogP contribution >= 0.6 is 15.9 Å². The summed E-state index contributed by atoms with van der Waals surface area (Å²) in [6.45, 7) is 1.92. The van der Waals surface area contributed by atoms with Gasteiger partial charge in [-0.25, -0.2) is 4.39 Å². The van der Waals surface area contributed by atoms with Crippen molar-refractivity contribution in [3.05, 3.63) is 57.6 Å². The normalized spacial score (nSPS) is 17.6. The van der Waals surface area contributed by atoms with Crippen LogP contribution in [0.3, 0.4) is 0 Å². The van der Waals surface area contributed by atoms with E-state index in [-0.39, 0.29) is 11.9 Å². The maximum Gasteiger partial charge on any atom is 0.137 e. The average molecular weight is 335 g/mol. The first-order valence-corrected chi connectivity index (χ1v) is 7.60. The molecular weight excluding hydrogens is 319 g/mol. The molecule has 0 saturated carbocycles. The van der Waals surface area contributed by atoms with Gasteiger partial charge in [0, 0.05) is 11.9 Å². The highest BCUT2D eigenvalue weighted by Crippen LogP contribution is 2.33. The Kier molecular flexibility index (Phi) is 3.74. The van der Waals surface area contributed by atoms with Gasteiger partial charge in [-0.1, -0.05) is 6.07 Å². The molecule has 0 spiro atoms.